The molecule has 1 amide bonds. The van der Waals surface area contributed by atoms with Gasteiger partial charge in [-0.1, -0.05) is 24.3 Å². The quantitative estimate of drug-likeness (QED) is 0.806. The monoisotopic (exact) mass is 346 g/mol. The van der Waals surface area contributed by atoms with Gasteiger partial charge in [-0.15, -0.1) is 0 Å². The molecule has 0 bridgehead atoms. The number of amides is 1. The molecule has 1 heterocycles. The van der Waals surface area contributed by atoms with Crippen LogP contribution in [0.2, 0.25) is 0 Å². The first kappa shape index (κ1) is 18.1. The number of carbonyl (C=O) groups is 1. The molecule has 1 aromatic carbocycles. The molecule has 3 rings (SSSR count). The number of benzene rings is 1. The van der Waals surface area contributed by atoms with E-state index in [9.17, 15) is 14.3 Å². The van der Waals surface area contributed by atoms with Crippen LogP contribution in [0.3, 0.4) is 0 Å². The van der Waals surface area contributed by atoms with Crippen molar-refractivity contribution in [3.63, 3.8) is 0 Å². The van der Waals surface area contributed by atoms with Gasteiger partial charge in [0.15, 0.2) is 0 Å². The summed E-state index contributed by atoms with van der Waals surface area (Å²) in [6, 6.07) is 6.25. The summed E-state index contributed by atoms with van der Waals surface area (Å²) in [6.07, 6.45) is 8.16. The number of allylic oxidation sites excluding steroid dienone is 2. The average Bonchev–Trinajstić information content (AvgIpc) is 2.64. The van der Waals surface area contributed by atoms with Gasteiger partial charge in [-0.3, -0.25) is 4.79 Å². The standard InChI is InChI=1S/C20H27FN2O2/c21-18-8-4-7-17(15-18)20(25)9-12-23(13-10-20)14-11-22-19(24)16-5-2-1-3-6-16/h1-2,4,7-8,15-16,25H,3,5-6,9-14H2,(H,22,24)/t16-/m0/s1. The molecular weight excluding hydrogens is 319 g/mol. The summed E-state index contributed by atoms with van der Waals surface area (Å²) in [4.78, 5) is 14.4. The van der Waals surface area contributed by atoms with Crippen LogP contribution in [0.15, 0.2) is 36.4 Å². The smallest absolute Gasteiger partial charge is 0.223 e. The van der Waals surface area contributed by atoms with Crippen molar-refractivity contribution in [1.29, 1.82) is 0 Å². The Hall–Kier alpha value is -1.72. The Balaban J connectivity index is 1.42. The van der Waals surface area contributed by atoms with Crippen LogP contribution in [0, 0.1) is 11.7 Å². The normalized spacial score (nSPS) is 23.4. The lowest BCUT2D eigenvalue weighted by Crippen LogP contribution is -2.45. The van der Waals surface area contributed by atoms with E-state index >= 15 is 0 Å². The number of hydrogen-bond acceptors (Lipinski definition) is 3. The van der Waals surface area contributed by atoms with Crippen LogP contribution in [-0.2, 0) is 10.4 Å². The van der Waals surface area contributed by atoms with E-state index in [0.29, 0.717) is 24.9 Å². The van der Waals surface area contributed by atoms with E-state index in [1.165, 1.54) is 12.1 Å². The predicted octanol–water partition coefficient (Wildman–Crippen LogP) is 2.58. The molecule has 4 nitrogen and oxygen atoms in total. The van der Waals surface area contributed by atoms with Gasteiger partial charge in [0, 0.05) is 32.1 Å². The third-order valence-corrected chi connectivity index (χ3v) is 5.41. The van der Waals surface area contributed by atoms with Crippen molar-refractivity contribution in [2.45, 2.75) is 37.7 Å². The van der Waals surface area contributed by atoms with Gasteiger partial charge >= 0.3 is 0 Å². The van der Waals surface area contributed by atoms with Gasteiger partial charge in [0.1, 0.15) is 5.82 Å². The number of nitrogens with zero attached hydrogens (tertiary/aromatic N) is 1. The Morgan fingerprint density at radius 3 is 2.80 bits per heavy atom. The second kappa shape index (κ2) is 8.11. The van der Waals surface area contributed by atoms with E-state index in [0.717, 1.165) is 38.9 Å². The first-order valence-corrected chi connectivity index (χ1v) is 9.20. The van der Waals surface area contributed by atoms with E-state index in [4.69, 9.17) is 0 Å². The first-order valence-electron chi connectivity index (χ1n) is 9.20. The highest BCUT2D eigenvalue weighted by atomic mass is 19.1. The largest absolute Gasteiger partial charge is 0.385 e. The summed E-state index contributed by atoms with van der Waals surface area (Å²) in [7, 11) is 0. The zero-order chi connectivity index (χ0) is 17.7. The lowest BCUT2D eigenvalue weighted by Gasteiger charge is -2.38. The molecule has 1 aliphatic heterocycles. The highest BCUT2D eigenvalue weighted by molar-refractivity contribution is 5.78. The molecule has 136 valence electrons. The Morgan fingerprint density at radius 2 is 2.12 bits per heavy atom. The van der Waals surface area contributed by atoms with E-state index in [2.05, 4.69) is 22.4 Å². The molecule has 1 atom stereocenters. The van der Waals surface area contributed by atoms with Crippen molar-refractivity contribution in [2.24, 2.45) is 5.92 Å². The van der Waals surface area contributed by atoms with Crippen molar-refractivity contribution in [3.05, 3.63) is 47.8 Å². The fourth-order valence-electron chi connectivity index (χ4n) is 3.73. The molecular formula is C20H27FN2O2. The summed E-state index contributed by atoms with van der Waals surface area (Å²) in [6.45, 7) is 2.91. The van der Waals surface area contributed by atoms with Crippen LogP contribution in [0.5, 0.6) is 0 Å². The highest BCUT2D eigenvalue weighted by Crippen LogP contribution is 2.32. The maximum Gasteiger partial charge on any atom is 0.223 e. The van der Waals surface area contributed by atoms with Crippen molar-refractivity contribution in [2.75, 3.05) is 26.2 Å². The van der Waals surface area contributed by atoms with Gasteiger partial charge in [-0.05, 0) is 49.8 Å². The fraction of sp³-hybridized carbons (Fsp3) is 0.550. The van der Waals surface area contributed by atoms with E-state index in [-0.39, 0.29) is 17.6 Å². The molecule has 0 aromatic heterocycles. The summed E-state index contributed by atoms with van der Waals surface area (Å²) in [5, 5.41) is 13.8. The molecule has 1 aliphatic carbocycles. The van der Waals surface area contributed by atoms with Crippen LogP contribution < -0.4 is 5.32 Å². The SMILES string of the molecule is O=C(NCCN1CCC(O)(c2cccc(F)c2)CC1)[C@H]1CC=CCC1. The van der Waals surface area contributed by atoms with Crippen molar-refractivity contribution in [1.82, 2.24) is 10.2 Å². The summed E-state index contributed by atoms with van der Waals surface area (Å²) in [5.41, 5.74) is -0.290. The second-order valence-corrected chi connectivity index (χ2v) is 7.16. The molecule has 2 aliphatic rings. The van der Waals surface area contributed by atoms with Crippen molar-refractivity contribution < 1.29 is 14.3 Å². The van der Waals surface area contributed by atoms with Crippen LogP contribution in [0.4, 0.5) is 4.39 Å². The zero-order valence-electron chi connectivity index (χ0n) is 14.6. The number of aliphatic hydroxyl groups is 1. The highest BCUT2D eigenvalue weighted by Gasteiger charge is 2.34. The van der Waals surface area contributed by atoms with Crippen molar-refractivity contribution >= 4 is 5.91 Å². The van der Waals surface area contributed by atoms with Crippen LogP contribution in [0.1, 0.15) is 37.7 Å². The van der Waals surface area contributed by atoms with Gasteiger partial charge in [0.2, 0.25) is 5.91 Å². The fourth-order valence-corrected chi connectivity index (χ4v) is 3.73. The molecule has 2 N–H and O–H groups in total. The van der Waals surface area contributed by atoms with E-state index < -0.39 is 5.60 Å². The van der Waals surface area contributed by atoms with Gasteiger partial charge < -0.3 is 15.3 Å². The van der Waals surface area contributed by atoms with Gasteiger partial charge in [0.25, 0.3) is 0 Å². The number of carbonyl (C=O) groups excluding carboxylic acids is 1. The molecule has 0 saturated carbocycles. The lowest BCUT2D eigenvalue weighted by atomic mass is 9.84. The third-order valence-electron chi connectivity index (χ3n) is 5.41. The summed E-state index contributed by atoms with van der Waals surface area (Å²) >= 11 is 0. The molecule has 1 saturated heterocycles. The minimum atomic E-state index is -0.948. The number of hydrogen-bond donors (Lipinski definition) is 2. The van der Waals surface area contributed by atoms with Gasteiger partial charge in [-0.25, -0.2) is 4.39 Å². The number of rotatable bonds is 5. The number of nitrogens with one attached hydrogen (secondary N) is 1. The van der Waals surface area contributed by atoms with Gasteiger partial charge in [-0.2, -0.15) is 0 Å². The van der Waals surface area contributed by atoms with E-state index in [1.54, 1.807) is 12.1 Å². The minimum Gasteiger partial charge on any atom is -0.385 e. The number of likely N-dealkylation sites (tertiary alicyclic amines) is 1. The minimum absolute atomic E-state index is 0.115. The van der Waals surface area contributed by atoms with Gasteiger partial charge in [0.05, 0.1) is 5.60 Å². The molecule has 25 heavy (non-hydrogen) atoms. The Morgan fingerprint density at radius 1 is 1.32 bits per heavy atom. The Labute approximate surface area is 148 Å². The Kier molecular flexibility index (Phi) is 5.86. The molecule has 0 spiro atoms. The van der Waals surface area contributed by atoms with E-state index in [1.807, 2.05) is 0 Å². The topological polar surface area (TPSA) is 52.6 Å². The average molecular weight is 346 g/mol. The molecule has 0 unspecified atom stereocenters. The molecule has 0 radical (unpaired) electrons. The summed E-state index contributed by atoms with van der Waals surface area (Å²) in [5.74, 6) is -0.0457. The predicted molar refractivity (Wildman–Crippen MR) is 95.5 cm³/mol. The lowest BCUT2D eigenvalue weighted by molar-refractivity contribution is -0.125. The summed E-state index contributed by atoms with van der Waals surface area (Å²) < 4.78 is 13.4. The first-order chi connectivity index (χ1) is 12.1. The maximum absolute atomic E-state index is 13.4. The maximum atomic E-state index is 13.4. The zero-order valence-corrected chi connectivity index (χ0v) is 14.6. The molecule has 1 aromatic rings. The molecule has 5 heteroatoms. The van der Waals surface area contributed by atoms with Crippen LogP contribution in [0.25, 0.3) is 0 Å². The third kappa shape index (κ3) is 4.67. The number of halogens is 1. The Bertz CT molecular complexity index is 624. The number of piperidine rings is 1. The second-order valence-electron chi connectivity index (χ2n) is 7.16. The van der Waals surface area contributed by atoms with Crippen LogP contribution in [-0.4, -0.2) is 42.1 Å². The molecule has 1 fully saturated rings. The van der Waals surface area contributed by atoms with Crippen molar-refractivity contribution in [3.8, 4) is 0 Å². The van der Waals surface area contributed by atoms with Crippen LogP contribution >= 0.6 is 0 Å².